The first kappa shape index (κ1) is 14.8. The first-order chi connectivity index (χ1) is 9.80. The molecule has 0 bridgehead atoms. The van der Waals surface area contributed by atoms with Crippen molar-refractivity contribution in [2.45, 2.75) is 56.8 Å². The number of nitrogens with one attached hydrogen (secondary N) is 1. The monoisotopic (exact) mass is 282 g/mol. The van der Waals surface area contributed by atoms with Gasteiger partial charge in [0.1, 0.15) is 0 Å². The van der Waals surface area contributed by atoms with Crippen LogP contribution in [-0.2, 0) is 9.47 Å². The van der Waals surface area contributed by atoms with Gasteiger partial charge in [-0.05, 0) is 64.7 Å². The Bertz CT molecular complexity index is 297. The van der Waals surface area contributed by atoms with Crippen LogP contribution in [0.5, 0.6) is 0 Å². The smallest absolute Gasteiger partial charge is 0.168 e. The Morgan fingerprint density at radius 1 is 1.20 bits per heavy atom. The molecule has 3 fully saturated rings. The molecule has 4 heteroatoms. The lowest BCUT2D eigenvalue weighted by molar-refractivity contribution is -0.163. The molecule has 0 aromatic rings. The molecule has 20 heavy (non-hydrogen) atoms. The van der Waals surface area contributed by atoms with Gasteiger partial charge in [0.2, 0.25) is 0 Å². The zero-order valence-electron chi connectivity index (χ0n) is 12.9. The second-order valence-electron chi connectivity index (χ2n) is 6.80. The third kappa shape index (κ3) is 3.53. The topological polar surface area (TPSA) is 33.7 Å². The number of piperidine rings is 1. The van der Waals surface area contributed by atoms with Gasteiger partial charge < -0.3 is 19.7 Å². The Morgan fingerprint density at radius 2 is 1.95 bits per heavy atom. The van der Waals surface area contributed by atoms with Crippen molar-refractivity contribution in [3.63, 3.8) is 0 Å². The van der Waals surface area contributed by atoms with Crippen LogP contribution in [0.1, 0.15) is 44.9 Å². The molecule has 1 atom stereocenters. The molecule has 3 rings (SSSR count). The summed E-state index contributed by atoms with van der Waals surface area (Å²) in [5.74, 6) is 0.733. The van der Waals surface area contributed by atoms with Crippen LogP contribution in [0, 0.1) is 5.92 Å². The van der Waals surface area contributed by atoms with E-state index in [0.29, 0.717) is 6.10 Å². The molecule has 0 radical (unpaired) electrons. The minimum atomic E-state index is -0.185. The first-order valence-corrected chi connectivity index (χ1v) is 8.48. The summed E-state index contributed by atoms with van der Waals surface area (Å²) in [6, 6.07) is 0. The first-order valence-electron chi connectivity index (χ1n) is 8.48. The molecule has 116 valence electrons. The SMILES string of the molecule is CNCCC1CCN(CC2COC3(CCCC3)O2)CC1. The molecule has 1 aliphatic carbocycles. The van der Waals surface area contributed by atoms with Gasteiger partial charge >= 0.3 is 0 Å². The van der Waals surface area contributed by atoms with Gasteiger partial charge in [-0.3, -0.25) is 0 Å². The standard InChI is InChI=1S/C16H30N2O2/c1-17-9-4-14-5-10-18(11-6-14)12-15-13-19-16(20-15)7-2-3-8-16/h14-15,17H,2-13H2,1H3. The summed E-state index contributed by atoms with van der Waals surface area (Å²) in [5.41, 5.74) is 0. The van der Waals surface area contributed by atoms with Gasteiger partial charge in [0.25, 0.3) is 0 Å². The second-order valence-corrected chi connectivity index (χ2v) is 6.80. The van der Waals surface area contributed by atoms with Crippen LogP contribution < -0.4 is 5.32 Å². The maximum absolute atomic E-state index is 6.23. The summed E-state index contributed by atoms with van der Waals surface area (Å²) < 4.78 is 12.2. The Labute approximate surface area is 123 Å². The summed E-state index contributed by atoms with van der Waals surface area (Å²) in [4.78, 5) is 2.58. The predicted octanol–water partition coefficient (Wildman–Crippen LogP) is 1.99. The van der Waals surface area contributed by atoms with E-state index in [0.717, 1.165) is 38.5 Å². The highest BCUT2D eigenvalue weighted by molar-refractivity contribution is 4.86. The molecule has 1 saturated carbocycles. The molecule has 0 amide bonds. The summed E-state index contributed by atoms with van der Waals surface area (Å²) in [5, 5.41) is 3.26. The molecule has 0 aromatic carbocycles. The van der Waals surface area contributed by atoms with E-state index in [1.165, 1.54) is 45.2 Å². The maximum atomic E-state index is 6.23. The van der Waals surface area contributed by atoms with Crippen LogP contribution >= 0.6 is 0 Å². The minimum absolute atomic E-state index is 0.185. The molecular formula is C16H30N2O2. The van der Waals surface area contributed by atoms with Crippen LogP contribution in [0.15, 0.2) is 0 Å². The number of likely N-dealkylation sites (tertiary alicyclic amines) is 1. The number of rotatable bonds is 5. The third-order valence-corrected chi connectivity index (χ3v) is 5.25. The second kappa shape index (κ2) is 6.73. The van der Waals surface area contributed by atoms with E-state index in [1.807, 2.05) is 7.05 Å². The van der Waals surface area contributed by atoms with Crippen molar-refractivity contribution in [2.75, 3.05) is 39.8 Å². The average Bonchev–Trinajstić information content (AvgIpc) is 3.09. The molecule has 1 unspecified atom stereocenters. The van der Waals surface area contributed by atoms with E-state index in [-0.39, 0.29) is 5.79 Å². The molecule has 1 N–H and O–H groups in total. The quantitative estimate of drug-likeness (QED) is 0.836. The summed E-state index contributed by atoms with van der Waals surface area (Å²) >= 11 is 0. The van der Waals surface area contributed by atoms with E-state index >= 15 is 0 Å². The van der Waals surface area contributed by atoms with E-state index in [9.17, 15) is 0 Å². The van der Waals surface area contributed by atoms with Crippen molar-refractivity contribution >= 4 is 0 Å². The number of ether oxygens (including phenoxy) is 2. The Morgan fingerprint density at radius 3 is 2.65 bits per heavy atom. The van der Waals surface area contributed by atoms with E-state index in [2.05, 4.69) is 10.2 Å². The van der Waals surface area contributed by atoms with Gasteiger partial charge in [-0.15, -0.1) is 0 Å². The fraction of sp³-hybridized carbons (Fsp3) is 1.00. The molecule has 1 spiro atoms. The van der Waals surface area contributed by atoms with Gasteiger partial charge in [0.05, 0.1) is 12.7 Å². The molecule has 3 aliphatic rings. The Hall–Kier alpha value is -0.160. The lowest BCUT2D eigenvalue weighted by Crippen LogP contribution is -2.40. The summed E-state index contributed by atoms with van der Waals surface area (Å²) in [6.45, 7) is 5.51. The van der Waals surface area contributed by atoms with Gasteiger partial charge in [0, 0.05) is 19.4 Å². The van der Waals surface area contributed by atoms with Crippen LogP contribution in [-0.4, -0.2) is 56.6 Å². The summed E-state index contributed by atoms with van der Waals surface area (Å²) in [7, 11) is 2.05. The molecule has 2 saturated heterocycles. The van der Waals surface area contributed by atoms with Crippen LogP contribution in [0.2, 0.25) is 0 Å². The zero-order valence-corrected chi connectivity index (χ0v) is 12.9. The van der Waals surface area contributed by atoms with Gasteiger partial charge in [-0.2, -0.15) is 0 Å². The van der Waals surface area contributed by atoms with Crippen molar-refractivity contribution in [2.24, 2.45) is 5.92 Å². The van der Waals surface area contributed by atoms with E-state index < -0.39 is 0 Å². The van der Waals surface area contributed by atoms with E-state index in [4.69, 9.17) is 9.47 Å². The number of hydrogen-bond donors (Lipinski definition) is 1. The minimum Gasteiger partial charge on any atom is -0.347 e. The Balaban J connectivity index is 1.37. The fourth-order valence-corrected chi connectivity index (χ4v) is 3.98. The van der Waals surface area contributed by atoms with Crippen molar-refractivity contribution < 1.29 is 9.47 Å². The highest BCUT2D eigenvalue weighted by Gasteiger charge is 2.44. The zero-order chi connectivity index (χ0) is 13.8. The highest BCUT2D eigenvalue weighted by Crippen LogP contribution is 2.39. The van der Waals surface area contributed by atoms with Crippen LogP contribution in [0.3, 0.4) is 0 Å². The lowest BCUT2D eigenvalue weighted by atomic mass is 9.93. The largest absolute Gasteiger partial charge is 0.347 e. The third-order valence-electron chi connectivity index (χ3n) is 5.25. The van der Waals surface area contributed by atoms with E-state index in [1.54, 1.807) is 0 Å². The number of hydrogen-bond acceptors (Lipinski definition) is 4. The fourth-order valence-electron chi connectivity index (χ4n) is 3.98. The summed E-state index contributed by atoms with van der Waals surface area (Å²) in [6.07, 6.45) is 9.08. The molecule has 2 aliphatic heterocycles. The van der Waals surface area contributed by atoms with Gasteiger partial charge in [-0.1, -0.05) is 0 Å². The molecule has 2 heterocycles. The van der Waals surface area contributed by atoms with Crippen LogP contribution in [0.25, 0.3) is 0 Å². The lowest BCUT2D eigenvalue weighted by Gasteiger charge is -2.33. The van der Waals surface area contributed by atoms with Gasteiger partial charge in [-0.25, -0.2) is 0 Å². The van der Waals surface area contributed by atoms with Crippen molar-refractivity contribution in [1.29, 1.82) is 0 Å². The molecule has 4 nitrogen and oxygen atoms in total. The average molecular weight is 282 g/mol. The van der Waals surface area contributed by atoms with Gasteiger partial charge in [0.15, 0.2) is 5.79 Å². The van der Waals surface area contributed by atoms with Crippen LogP contribution in [0.4, 0.5) is 0 Å². The predicted molar refractivity (Wildman–Crippen MR) is 79.7 cm³/mol. The number of nitrogens with zero attached hydrogens (tertiary/aromatic N) is 1. The maximum Gasteiger partial charge on any atom is 0.168 e. The van der Waals surface area contributed by atoms with Crippen molar-refractivity contribution in [1.82, 2.24) is 10.2 Å². The Kier molecular flexibility index (Phi) is 4.97. The normalized spacial score (nSPS) is 31.4. The van der Waals surface area contributed by atoms with Crippen molar-refractivity contribution in [3.05, 3.63) is 0 Å². The molecular weight excluding hydrogens is 252 g/mol. The molecule has 0 aromatic heterocycles. The van der Waals surface area contributed by atoms with Crippen molar-refractivity contribution in [3.8, 4) is 0 Å². The highest BCUT2D eigenvalue weighted by atomic mass is 16.7.